The predicted molar refractivity (Wildman–Crippen MR) is 48.9 cm³/mol. The summed E-state index contributed by atoms with van der Waals surface area (Å²) in [6, 6.07) is 0. The molecule has 76 valence electrons. The molecule has 1 heterocycles. The standard InChI is InChI=1S/C8H17N3O2/c12-7-1-2-10-3-5-11(6-4-10)9-8-13/h8,12H,1-7H2,(H,9,13). The van der Waals surface area contributed by atoms with E-state index >= 15 is 0 Å². The van der Waals surface area contributed by atoms with E-state index in [1.807, 2.05) is 5.01 Å². The molecule has 1 saturated heterocycles. The molecule has 0 radical (unpaired) electrons. The van der Waals surface area contributed by atoms with Gasteiger partial charge in [-0.1, -0.05) is 0 Å². The molecule has 1 fully saturated rings. The van der Waals surface area contributed by atoms with E-state index in [1.54, 1.807) is 0 Å². The van der Waals surface area contributed by atoms with Crippen molar-refractivity contribution in [3.8, 4) is 0 Å². The van der Waals surface area contributed by atoms with Gasteiger partial charge in [0.05, 0.1) is 0 Å². The van der Waals surface area contributed by atoms with E-state index in [9.17, 15) is 4.79 Å². The highest BCUT2D eigenvalue weighted by Crippen LogP contribution is 1.99. The smallest absolute Gasteiger partial charge is 0.221 e. The molecule has 0 spiro atoms. The summed E-state index contributed by atoms with van der Waals surface area (Å²) in [5.74, 6) is 0. The van der Waals surface area contributed by atoms with Crippen molar-refractivity contribution in [3.63, 3.8) is 0 Å². The van der Waals surface area contributed by atoms with E-state index in [0.29, 0.717) is 6.41 Å². The molecule has 1 amide bonds. The number of hydrogen-bond acceptors (Lipinski definition) is 4. The number of carbonyl (C=O) groups is 1. The Hall–Kier alpha value is -0.650. The van der Waals surface area contributed by atoms with Crippen LogP contribution in [0.3, 0.4) is 0 Å². The van der Waals surface area contributed by atoms with E-state index < -0.39 is 0 Å². The molecular formula is C8H17N3O2. The first-order chi connectivity index (χ1) is 6.36. The third-order valence-electron chi connectivity index (χ3n) is 2.24. The number of carbonyl (C=O) groups excluding carboxylic acids is 1. The number of nitrogens with zero attached hydrogens (tertiary/aromatic N) is 2. The Kier molecular flexibility index (Phi) is 4.74. The molecule has 0 saturated carbocycles. The maximum absolute atomic E-state index is 10.1. The highest BCUT2D eigenvalue weighted by molar-refractivity contribution is 5.44. The van der Waals surface area contributed by atoms with E-state index in [0.717, 1.165) is 39.1 Å². The van der Waals surface area contributed by atoms with Gasteiger partial charge in [0.2, 0.25) is 6.41 Å². The summed E-state index contributed by atoms with van der Waals surface area (Å²) < 4.78 is 0. The van der Waals surface area contributed by atoms with Crippen LogP contribution in [0.5, 0.6) is 0 Å². The Bertz CT molecular complexity index is 146. The van der Waals surface area contributed by atoms with Gasteiger partial charge in [0, 0.05) is 39.3 Å². The van der Waals surface area contributed by atoms with E-state index in [4.69, 9.17) is 5.11 Å². The lowest BCUT2D eigenvalue weighted by molar-refractivity contribution is -0.114. The van der Waals surface area contributed by atoms with Crippen molar-refractivity contribution in [2.45, 2.75) is 6.42 Å². The maximum Gasteiger partial charge on any atom is 0.221 e. The van der Waals surface area contributed by atoms with Crippen LogP contribution in [0.1, 0.15) is 6.42 Å². The lowest BCUT2D eigenvalue weighted by Gasteiger charge is -2.33. The molecule has 0 aromatic carbocycles. The SMILES string of the molecule is O=CNN1CCN(CCCO)CC1. The monoisotopic (exact) mass is 187 g/mol. The summed E-state index contributed by atoms with van der Waals surface area (Å²) >= 11 is 0. The van der Waals surface area contributed by atoms with Gasteiger partial charge in [0.25, 0.3) is 0 Å². The van der Waals surface area contributed by atoms with Crippen LogP contribution in [0, 0.1) is 0 Å². The minimum absolute atomic E-state index is 0.257. The van der Waals surface area contributed by atoms with E-state index in [2.05, 4.69) is 10.3 Å². The van der Waals surface area contributed by atoms with Crippen LogP contribution in [0.4, 0.5) is 0 Å². The molecule has 0 aromatic rings. The van der Waals surface area contributed by atoms with Gasteiger partial charge in [-0.3, -0.25) is 10.2 Å². The van der Waals surface area contributed by atoms with Crippen LogP contribution in [-0.4, -0.2) is 60.8 Å². The fourth-order valence-corrected chi connectivity index (χ4v) is 1.47. The minimum Gasteiger partial charge on any atom is -0.396 e. The highest BCUT2D eigenvalue weighted by atomic mass is 16.3. The van der Waals surface area contributed by atoms with Crippen molar-refractivity contribution in [1.82, 2.24) is 15.3 Å². The van der Waals surface area contributed by atoms with Crippen LogP contribution in [0.2, 0.25) is 0 Å². The highest BCUT2D eigenvalue weighted by Gasteiger charge is 2.14. The normalized spacial score (nSPS) is 20.1. The van der Waals surface area contributed by atoms with Crippen molar-refractivity contribution < 1.29 is 9.90 Å². The van der Waals surface area contributed by atoms with Crippen LogP contribution in [0.15, 0.2) is 0 Å². The van der Waals surface area contributed by atoms with Crippen LogP contribution >= 0.6 is 0 Å². The van der Waals surface area contributed by atoms with E-state index in [-0.39, 0.29) is 6.61 Å². The lowest BCUT2D eigenvalue weighted by atomic mass is 10.3. The van der Waals surface area contributed by atoms with Crippen molar-refractivity contribution in [2.24, 2.45) is 0 Å². The molecule has 0 bridgehead atoms. The first-order valence-corrected chi connectivity index (χ1v) is 4.65. The molecule has 1 aliphatic rings. The number of hydrogen-bond donors (Lipinski definition) is 2. The zero-order valence-electron chi connectivity index (χ0n) is 7.78. The zero-order valence-corrected chi connectivity index (χ0v) is 7.78. The summed E-state index contributed by atoms with van der Waals surface area (Å²) in [6.45, 7) is 4.86. The fraction of sp³-hybridized carbons (Fsp3) is 0.875. The first-order valence-electron chi connectivity index (χ1n) is 4.65. The number of amides is 1. The van der Waals surface area contributed by atoms with Gasteiger partial charge in [-0.25, -0.2) is 5.01 Å². The second-order valence-corrected chi connectivity index (χ2v) is 3.15. The van der Waals surface area contributed by atoms with Gasteiger partial charge >= 0.3 is 0 Å². The number of piperazine rings is 1. The summed E-state index contributed by atoms with van der Waals surface area (Å²) in [5.41, 5.74) is 2.64. The van der Waals surface area contributed by atoms with Gasteiger partial charge in [0.1, 0.15) is 0 Å². The van der Waals surface area contributed by atoms with Crippen molar-refractivity contribution in [1.29, 1.82) is 0 Å². The van der Waals surface area contributed by atoms with Gasteiger partial charge in [-0.05, 0) is 6.42 Å². The van der Waals surface area contributed by atoms with Crippen LogP contribution in [-0.2, 0) is 4.79 Å². The average molecular weight is 187 g/mol. The molecular weight excluding hydrogens is 170 g/mol. The summed E-state index contributed by atoms with van der Waals surface area (Å²) in [4.78, 5) is 12.4. The number of nitrogens with one attached hydrogen (secondary N) is 1. The molecule has 1 rings (SSSR count). The Balaban J connectivity index is 2.11. The van der Waals surface area contributed by atoms with Gasteiger partial charge in [-0.2, -0.15) is 0 Å². The molecule has 13 heavy (non-hydrogen) atoms. The molecule has 5 nitrogen and oxygen atoms in total. The number of rotatable bonds is 5. The second-order valence-electron chi connectivity index (χ2n) is 3.15. The van der Waals surface area contributed by atoms with Gasteiger partial charge in [0.15, 0.2) is 0 Å². The van der Waals surface area contributed by atoms with E-state index in [1.165, 1.54) is 0 Å². The Labute approximate surface area is 78.3 Å². The quantitative estimate of drug-likeness (QED) is 0.522. The Morgan fingerprint density at radius 2 is 2.00 bits per heavy atom. The third kappa shape index (κ3) is 3.71. The molecule has 0 atom stereocenters. The average Bonchev–Trinajstić information content (AvgIpc) is 2.17. The zero-order chi connectivity index (χ0) is 9.52. The van der Waals surface area contributed by atoms with Crippen molar-refractivity contribution in [3.05, 3.63) is 0 Å². The van der Waals surface area contributed by atoms with Crippen LogP contribution in [0.25, 0.3) is 0 Å². The Morgan fingerprint density at radius 3 is 2.54 bits per heavy atom. The predicted octanol–water partition coefficient (Wildman–Crippen LogP) is -1.35. The van der Waals surface area contributed by atoms with Crippen molar-refractivity contribution >= 4 is 6.41 Å². The molecule has 1 aliphatic heterocycles. The van der Waals surface area contributed by atoms with Gasteiger partial charge in [-0.15, -0.1) is 0 Å². The summed E-state index contributed by atoms with van der Waals surface area (Å²) in [5, 5.41) is 10.5. The van der Waals surface area contributed by atoms with Crippen molar-refractivity contribution in [2.75, 3.05) is 39.3 Å². The molecule has 5 heteroatoms. The molecule has 2 N–H and O–H groups in total. The molecule has 0 unspecified atom stereocenters. The summed E-state index contributed by atoms with van der Waals surface area (Å²) in [6.07, 6.45) is 1.55. The molecule has 0 aromatic heterocycles. The summed E-state index contributed by atoms with van der Waals surface area (Å²) in [7, 11) is 0. The number of aliphatic hydroxyl groups is 1. The maximum atomic E-state index is 10.1. The fourth-order valence-electron chi connectivity index (χ4n) is 1.47. The number of hydrazine groups is 1. The largest absolute Gasteiger partial charge is 0.396 e. The molecule has 0 aliphatic carbocycles. The number of aliphatic hydroxyl groups excluding tert-OH is 1. The van der Waals surface area contributed by atoms with Crippen LogP contribution < -0.4 is 5.43 Å². The lowest BCUT2D eigenvalue weighted by Crippen LogP contribution is -2.51. The topological polar surface area (TPSA) is 55.8 Å². The second kappa shape index (κ2) is 5.90. The first kappa shape index (κ1) is 10.4. The minimum atomic E-state index is 0.257. The third-order valence-corrected chi connectivity index (χ3v) is 2.24. The Morgan fingerprint density at radius 1 is 1.31 bits per heavy atom. The van der Waals surface area contributed by atoms with Gasteiger partial charge < -0.3 is 10.0 Å².